The normalized spacial score (nSPS) is 26.5. The van der Waals surface area contributed by atoms with Gasteiger partial charge in [0, 0.05) is 35.6 Å². The maximum Gasteiger partial charge on any atom is 0.223 e. The maximum atomic E-state index is 14.0. The van der Waals surface area contributed by atoms with Crippen molar-refractivity contribution in [2.24, 2.45) is 11.7 Å². The quantitative estimate of drug-likeness (QED) is 0.866. The fraction of sp³-hybridized carbons (Fsp3) is 0.611. The fourth-order valence-corrected chi connectivity index (χ4v) is 4.24. The molecule has 6 heteroatoms. The van der Waals surface area contributed by atoms with Gasteiger partial charge in [0.25, 0.3) is 0 Å². The minimum absolute atomic E-state index is 0. The van der Waals surface area contributed by atoms with Gasteiger partial charge in [0.1, 0.15) is 5.82 Å². The van der Waals surface area contributed by atoms with Crippen LogP contribution in [0.25, 0.3) is 0 Å². The molecule has 1 aromatic rings. The molecule has 0 aromatic heterocycles. The van der Waals surface area contributed by atoms with Crippen molar-refractivity contribution in [1.29, 1.82) is 0 Å². The second kappa shape index (κ2) is 8.50. The van der Waals surface area contributed by atoms with Crippen molar-refractivity contribution in [2.45, 2.75) is 57.0 Å². The summed E-state index contributed by atoms with van der Waals surface area (Å²) in [7, 11) is 0. The summed E-state index contributed by atoms with van der Waals surface area (Å²) in [4.78, 5) is 14.6. The van der Waals surface area contributed by atoms with Crippen LogP contribution in [0.4, 0.5) is 4.39 Å². The first-order valence-corrected chi connectivity index (χ1v) is 8.92. The molecule has 1 aliphatic carbocycles. The van der Waals surface area contributed by atoms with Gasteiger partial charge in [0.2, 0.25) is 5.91 Å². The summed E-state index contributed by atoms with van der Waals surface area (Å²) in [5.74, 6) is 0.192. The Morgan fingerprint density at radius 2 is 2.08 bits per heavy atom. The molecular formula is C18H25Cl2FN2O. The Kier molecular flexibility index (Phi) is 6.90. The molecule has 1 aliphatic heterocycles. The number of rotatable bonds is 4. The van der Waals surface area contributed by atoms with Crippen molar-refractivity contribution in [3.63, 3.8) is 0 Å². The van der Waals surface area contributed by atoms with Crippen LogP contribution >= 0.6 is 24.0 Å². The van der Waals surface area contributed by atoms with Crippen LogP contribution in [0, 0.1) is 11.7 Å². The Bertz CT molecular complexity index is 564. The first-order valence-electron chi connectivity index (χ1n) is 8.54. The van der Waals surface area contributed by atoms with Crippen LogP contribution in [-0.4, -0.2) is 29.4 Å². The predicted octanol–water partition coefficient (Wildman–Crippen LogP) is 3.95. The molecule has 2 N–H and O–H groups in total. The average molecular weight is 375 g/mol. The van der Waals surface area contributed by atoms with Crippen LogP contribution < -0.4 is 5.73 Å². The van der Waals surface area contributed by atoms with Crippen molar-refractivity contribution in [3.05, 3.63) is 34.6 Å². The molecule has 1 unspecified atom stereocenters. The highest BCUT2D eigenvalue weighted by atomic mass is 35.5. The topological polar surface area (TPSA) is 46.3 Å². The molecule has 3 nitrogen and oxygen atoms in total. The minimum atomic E-state index is -0.283. The SMILES string of the molecule is Cl.N[C@@H]1CCC[C@H]1CC(=O)N1CCCC1Cc1c(F)cccc1Cl. The third kappa shape index (κ3) is 4.22. The summed E-state index contributed by atoms with van der Waals surface area (Å²) in [6, 6.07) is 4.95. The summed E-state index contributed by atoms with van der Waals surface area (Å²) >= 11 is 6.13. The molecule has 1 saturated heterocycles. The number of hydrogen-bond donors (Lipinski definition) is 1. The molecular weight excluding hydrogens is 350 g/mol. The van der Waals surface area contributed by atoms with E-state index in [2.05, 4.69) is 0 Å². The Morgan fingerprint density at radius 1 is 1.29 bits per heavy atom. The number of likely N-dealkylation sites (tertiary alicyclic amines) is 1. The molecule has 1 saturated carbocycles. The molecule has 1 heterocycles. The third-order valence-corrected chi connectivity index (χ3v) is 5.71. The summed E-state index contributed by atoms with van der Waals surface area (Å²) in [6.07, 6.45) is 6.09. The fourth-order valence-electron chi connectivity index (χ4n) is 4.00. The summed E-state index contributed by atoms with van der Waals surface area (Å²) < 4.78 is 14.0. The molecule has 3 atom stereocenters. The smallest absolute Gasteiger partial charge is 0.223 e. The Morgan fingerprint density at radius 3 is 2.75 bits per heavy atom. The number of benzene rings is 1. The van der Waals surface area contributed by atoms with E-state index in [1.807, 2.05) is 4.90 Å². The minimum Gasteiger partial charge on any atom is -0.339 e. The number of carbonyl (C=O) groups is 1. The van der Waals surface area contributed by atoms with Crippen LogP contribution in [0.15, 0.2) is 18.2 Å². The van der Waals surface area contributed by atoms with Gasteiger partial charge in [0.05, 0.1) is 0 Å². The van der Waals surface area contributed by atoms with Gasteiger partial charge in [-0.2, -0.15) is 0 Å². The standard InChI is InChI=1S/C18H24ClFN2O.ClH/c19-15-6-2-7-16(20)14(15)11-13-5-3-9-22(13)18(23)10-12-4-1-8-17(12)21;/h2,6-7,12-13,17H,1,3-5,8-11,21H2;1H/t12-,13?,17+;/m0./s1. The third-order valence-electron chi connectivity index (χ3n) is 5.35. The van der Waals surface area contributed by atoms with Crippen LogP contribution in [-0.2, 0) is 11.2 Å². The number of nitrogens with zero attached hydrogens (tertiary/aromatic N) is 1. The van der Waals surface area contributed by atoms with Gasteiger partial charge in [-0.15, -0.1) is 12.4 Å². The van der Waals surface area contributed by atoms with E-state index < -0.39 is 0 Å². The summed E-state index contributed by atoms with van der Waals surface area (Å²) in [5.41, 5.74) is 6.61. The number of amides is 1. The number of carbonyl (C=O) groups excluding carboxylic acids is 1. The highest BCUT2D eigenvalue weighted by Crippen LogP contribution is 2.31. The van der Waals surface area contributed by atoms with Crippen LogP contribution in [0.2, 0.25) is 5.02 Å². The van der Waals surface area contributed by atoms with E-state index in [9.17, 15) is 9.18 Å². The lowest BCUT2D eigenvalue weighted by atomic mass is 9.98. The van der Waals surface area contributed by atoms with Crippen molar-refractivity contribution >= 4 is 29.9 Å². The summed E-state index contributed by atoms with van der Waals surface area (Å²) in [6.45, 7) is 0.761. The lowest BCUT2D eigenvalue weighted by Gasteiger charge is -2.27. The van der Waals surface area contributed by atoms with E-state index in [1.54, 1.807) is 12.1 Å². The molecule has 0 radical (unpaired) electrons. The zero-order valence-corrected chi connectivity index (χ0v) is 15.3. The van der Waals surface area contributed by atoms with Gasteiger partial charge in [0.15, 0.2) is 0 Å². The van der Waals surface area contributed by atoms with Crippen molar-refractivity contribution < 1.29 is 9.18 Å². The van der Waals surface area contributed by atoms with Gasteiger partial charge in [-0.25, -0.2) is 4.39 Å². The largest absolute Gasteiger partial charge is 0.339 e. The summed E-state index contributed by atoms with van der Waals surface area (Å²) in [5, 5.41) is 0.446. The molecule has 0 spiro atoms. The molecule has 134 valence electrons. The average Bonchev–Trinajstić information content (AvgIpc) is 3.13. The van der Waals surface area contributed by atoms with E-state index >= 15 is 0 Å². The Hall–Kier alpha value is -0.840. The zero-order valence-electron chi connectivity index (χ0n) is 13.7. The van der Waals surface area contributed by atoms with E-state index in [-0.39, 0.29) is 36.2 Å². The van der Waals surface area contributed by atoms with Gasteiger partial charge >= 0.3 is 0 Å². The van der Waals surface area contributed by atoms with E-state index in [0.717, 1.165) is 38.6 Å². The van der Waals surface area contributed by atoms with E-state index in [1.165, 1.54) is 6.07 Å². The van der Waals surface area contributed by atoms with Gasteiger partial charge in [-0.05, 0) is 50.2 Å². The maximum absolute atomic E-state index is 14.0. The van der Waals surface area contributed by atoms with Gasteiger partial charge in [-0.1, -0.05) is 24.1 Å². The molecule has 2 aliphatic rings. The monoisotopic (exact) mass is 374 g/mol. The molecule has 3 rings (SSSR count). The number of hydrogen-bond acceptors (Lipinski definition) is 2. The first kappa shape index (κ1) is 19.5. The second-order valence-electron chi connectivity index (χ2n) is 6.85. The highest BCUT2D eigenvalue weighted by molar-refractivity contribution is 6.31. The number of nitrogens with two attached hydrogens (primary N) is 1. The van der Waals surface area contributed by atoms with E-state index in [0.29, 0.717) is 29.3 Å². The molecule has 1 aromatic carbocycles. The zero-order chi connectivity index (χ0) is 16.4. The molecule has 24 heavy (non-hydrogen) atoms. The van der Waals surface area contributed by atoms with Gasteiger partial charge in [-0.3, -0.25) is 4.79 Å². The lowest BCUT2D eigenvalue weighted by molar-refractivity contribution is -0.133. The Labute approximate surface area is 154 Å². The van der Waals surface area contributed by atoms with Crippen LogP contribution in [0.5, 0.6) is 0 Å². The van der Waals surface area contributed by atoms with E-state index in [4.69, 9.17) is 17.3 Å². The van der Waals surface area contributed by atoms with Crippen LogP contribution in [0.1, 0.15) is 44.1 Å². The van der Waals surface area contributed by atoms with Crippen LogP contribution in [0.3, 0.4) is 0 Å². The number of halogens is 3. The lowest BCUT2D eigenvalue weighted by Crippen LogP contribution is -2.39. The molecule has 1 amide bonds. The second-order valence-corrected chi connectivity index (χ2v) is 7.25. The van der Waals surface area contributed by atoms with Crippen molar-refractivity contribution in [2.75, 3.05) is 6.54 Å². The first-order chi connectivity index (χ1) is 11.1. The predicted molar refractivity (Wildman–Crippen MR) is 97.0 cm³/mol. The highest BCUT2D eigenvalue weighted by Gasteiger charge is 2.33. The van der Waals surface area contributed by atoms with Gasteiger partial charge < -0.3 is 10.6 Å². The van der Waals surface area contributed by atoms with Crippen molar-refractivity contribution in [1.82, 2.24) is 4.90 Å². The Balaban J connectivity index is 0.00000208. The molecule has 2 fully saturated rings. The van der Waals surface area contributed by atoms with Crippen molar-refractivity contribution in [3.8, 4) is 0 Å². The molecule has 0 bridgehead atoms.